The zero-order valence-electron chi connectivity index (χ0n) is 7.66. The third-order valence-corrected chi connectivity index (χ3v) is 2.54. The molecular weight excluding hydrogens is 200 g/mol. The van der Waals surface area contributed by atoms with Gasteiger partial charge in [-0.15, -0.1) is 0 Å². The highest BCUT2D eigenvalue weighted by Gasteiger charge is 2.16. The fourth-order valence-corrected chi connectivity index (χ4v) is 1.44. The van der Waals surface area contributed by atoms with Crippen LogP contribution in [0, 0.1) is 0 Å². The van der Waals surface area contributed by atoms with E-state index in [0.29, 0.717) is 5.76 Å². The quantitative estimate of drug-likeness (QED) is 0.709. The van der Waals surface area contributed by atoms with Gasteiger partial charge in [-0.05, 0) is 30.7 Å². The fraction of sp³-hybridized carbons (Fsp3) is 0.182. The van der Waals surface area contributed by atoms with Crippen LogP contribution in [-0.4, -0.2) is 5.24 Å². The number of benzene rings is 1. The van der Waals surface area contributed by atoms with Crippen LogP contribution in [0.25, 0.3) is 11.0 Å². The zero-order chi connectivity index (χ0) is 10.1. The molecule has 1 atom stereocenters. The summed E-state index contributed by atoms with van der Waals surface area (Å²) in [6.45, 7) is 1.73. The summed E-state index contributed by atoms with van der Waals surface area (Å²) in [5.74, 6) is 0.232. The maximum atomic E-state index is 10.9. The van der Waals surface area contributed by atoms with Gasteiger partial charge in [-0.25, -0.2) is 0 Å². The molecule has 0 saturated carbocycles. The molecule has 0 fully saturated rings. The fourth-order valence-electron chi connectivity index (χ4n) is 1.33. The van der Waals surface area contributed by atoms with Crippen molar-refractivity contribution in [2.75, 3.05) is 0 Å². The molecule has 14 heavy (non-hydrogen) atoms. The van der Waals surface area contributed by atoms with Crippen molar-refractivity contribution in [3.05, 3.63) is 36.1 Å². The summed E-state index contributed by atoms with van der Waals surface area (Å²) >= 11 is 5.39. The van der Waals surface area contributed by atoms with Crippen molar-refractivity contribution in [1.82, 2.24) is 0 Å². The molecule has 0 aliphatic rings. The van der Waals surface area contributed by atoms with Crippen molar-refractivity contribution in [3.8, 4) is 0 Å². The van der Waals surface area contributed by atoms with Gasteiger partial charge in [0.2, 0.25) is 5.24 Å². The van der Waals surface area contributed by atoms with Crippen LogP contribution in [0.3, 0.4) is 0 Å². The average molecular weight is 209 g/mol. The standard InChI is InChI=1S/C11H9ClO2/c1-7(11(12)13)10-6-8-4-2-3-5-9(8)14-10/h2-7H,1H3. The SMILES string of the molecule is CC(C(=O)Cl)c1cc2ccccc2o1. The summed E-state index contributed by atoms with van der Waals surface area (Å²) in [6, 6.07) is 9.47. The van der Waals surface area contributed by atoms with Gasteiger partial charge >= 0.3 is 0 Å². The molecular formula is C11H9ClO2. The van der Waals surface area contributed by atoms with Crippen LogP contribution in [0.2, 0.25) is 0 Å². The van der Waals surface area contributed by atoms with E-state index in [9.17, 15) is 4.79 Å². The third kappa shape index (κ3) is 1.53. The summed E-state index contributed by atoms with van der Waals surface area (Å²) < 4.78 is 5.49. The summed E-state index contributed by atoms with van der Waals surface area (Å²) in [5, 5.41) is 0.594. The van der Waals surface area contributed by atoms with Crippen LogP contribution < -0.4 is 0 Å². The van der Waals surface area contributed by atoms with Gasteiger partial charge in [-0.2, -0.15) is 0 Å². The molecule has 2 aromatic rings. The van der Waals surface area contributed by atoms with Crippen LogP contribution in [-0.2, 0) is 4.79 Å². The predicted molar refractivity (Wildman–Crippen MR) is 55.5 cm³/mol. The number of para-hydroxylation sites is 1. The van der Waals surface area contributed by atoms with Gasteiger partial charge in [0.15, 0.2) is 0 Å². The van der Waals surface area contributed by atoms with E-state index in [1.165, 1.54) is 0 Å². The molecule has 0 aliphatic carbocycles. The Bertz CT molecular complexity index is 440. The highest BCUT2D eigenvalue weighted by molar-refractivity contribution is 6.64. The molecule has 0 amide bonds. The van der Waals surface area contributed by atoms with Gasteiger partial charge < -0.3 is 4.42 Å². The lowest BCUT2D eigenvalue weighted by Crippen LogP contribution is -1.99. The maximum Gasteiger partial charge on any atom is 0.232 e. The van der Waals surface area contributed by atoms with Crippen molar-refractivity contribution >= 4 is 27.8 Å². The summed E-state index contributed by atoms with van der Waals surface area (Å²) in [5.41, 5.74) is 0.785. The lowest BCUT2D eigenvalue weighted by molar-refractivity contribution is -0.112. The number of rotatable bonds is 2. The Labute approximate surface area is 86.5 Å². The number of fused-ring (bicyclic) bond motifs is 1. The minimum Gasteiger partial charge on any atom is -0.460 e. The molecule has 2 nitrogen and oxygen atoms in total. The highest BCUT2D eigenvalue weighted by atomic mass is 35.5. The molecule has 72 valence electrons. The Morgan fingerprint density at radius 3 is 2.79 bits per heavy atom. The Kier molecular flexibility index (Phi) is 2.30. The van der Waals surface area contributed by atoms with Gasteiger partial charge in [-0.3, -0.25) is 4.79 Å². The monoisotopic (exact) mass is 208 g/mol. The minimum absolute atomic E-state index is 0.385. The number of halogens is 1. The summed E-state index contributed by atoms with van der Waals surface area (Å²) in [6.07, 6.45) is 0. The van der Waals surface area contributed by atoms with Gasteiger partial charge in [-0.1, -0.05) is 18.2 Å². The second-order valence-electron chi connectivity index (χ2n) is 3.21. The first-order valence-corrected chi connectivity index (χ1v) is 4.74. The first-order chi connectivity index (χ1) is 6.68. The van der Waals surface area contributed by atoms with Gasteiger partial charge in [0.25, 0.3) is 0 Å². The highest BCUT2D eigenvalue weighted by Crippen LogP contribution is 2.25. The van der Waals surface area contributed by atoms with E-state index in [-0.39, 0.29) is 5.92 Å². The Morgan fingerprint density at radius 1 is 1.43 bits per heavy atom. The van der Waals surface area contributed by atoms with Crippen molar-refractivity contribution in [2.24, 2.45) is 0 Å². The number of hydrogen-bond donors (Lipinski definition) is 0. The van der Waals surface area contributed by atoms with E-state index in [0.717, 1.165) is 11.0 Å². The molecule has 2 rings (SSSR count). The Hall–Kier alpha value is -1.28. The molecule has 0 saturated heterocycles. The molecule has 0 aliphatic heterocycles. The minimum atomic E-state index is -0.399. The van der Waals surface area contributed by atoms with Gasteiger partial charge in [0, 0.05) is 5.39 Å². The van der Waals surface area contributed by atoms with Crippen LogP contribution in [0.15, 0.2) is 34.7 Å². The number of carbonyl (C=O) groups is 1. The first-order valence-electron chi connectivity index (χ1n) is 4.36. The summed E-state index contributed by atoms with van der Waals surface area (Å²) in [7, 11) is 0. The molecule has 3 heteroatoms. The Morgan fingerprint density at radius 2 is 2.14 bits per heavy atom. The van der Waals surface area contributed by atoms with Crippen molar-refractivity contribution in [1.29, 1.82) is 0 Å². The second kappa shape index (κ2) is 3.46. The Balaban J connectivity index is 2.50. The van der Waals surface area contributed by atoms with Crippen molar-refractivity contribution < 1.29 is 9.21 Å². The third-order valence-electron chi connectivity index (χ3n) is 2.21. The van der Waals surface area contributed by atoms with Crippen LogP contribution in [0.4, 0.5) is 0 Å². The molecule has 1 aromatic heterocycles. The normalized spacial score (nSPS) is 13.0. The maximum absolute atomic E-state index is 10.9. The molecule has 0 N–H and O–H groups in total. The molecule has 1 heterocycles. The van der Waals surface area contributed by atoms with E-state index in [1.54, 1.807) is 6.92 Å². The molecule has 0 bridgehead atoms. The molecule has 0 radical (unpaired) electrons. The van der Waals surface area contributed by atoms with E-state index in [2.05, 4.69) is 0 Å². The van der Waals surface area contributed by atoms with E-state index in [4.69, 9.17) is 16.0 Å². The lowest BCUT2D eigenvalue weighted by atomic mass is 10.1. The van der Waals surface area contributed by atoms with E-state index >= 15 is 0 Å². The topological polar surface area (TPSA) is 30.2 Å². The number of carbonyl (C=O) groups excluding carboxylic acids is 1. The van der Waals surface area contributed by atoms with E-state index < -0.39 is 5.24 Å². The lowest BCUT2D eigenvalue weighted by Gasteiger charge is -1.99. The summed E-state index contributed by atoms with van der Waals surface area (Å²) in [4.78, 5) is 10.9. The van der Waals surface area contributed by atoms with E-state index in [1.807, 2.05) is 30.3 Å². The second-order valence-corrected chi connectivity index (χ2v) is 3.58. The first kappa shape index (κ1) is 9.28. The molecule has 1 aromatic carbocycles. The number of hydrogen-bond acceptors (Lipinski definition) is 2. The largest absolute Gasteiger partial charge is 0.460 e. The van der Waals surface area contributed by atoms with Crippen molar-refractivity contribution in [2.45, 2.75) is 12.8 Å². The zero-order valence-corrected chi connectivity index (χ0v) is 8.41. The molecule has 0 spiro atoms. The van der Waals surface area contributed by atoms with Gasteiger partial charge in [0.05, 0.1) is 5.92 Å². The van der Waals surface area contributed by atoms with Crippen molar-refractivity contribution in [3.63, 3.8) is 0 Å². The molecule has 1 unspecified atom stereocenters. The average Bonchev–Trinajstić information content (AvgIpc) is 2.59. The van der Waals surface area contributed by atoms with Crippen LogP contribution in [0.5, 0.6) is 0 Å². The van der Waals surface area contributed by atoms with Crippen LogP contribution >= 0.6 is 11.6 Å². The number of furan rings is 1. The van der Waals surface area contributed by atoms with Gasteiger partial charge in [0.1, 0.15) is 11.3 Å². The van der Waals surface area contributed by atoms with Crippen LogP contribution in [0.1, 0.15) is 18.6 Å². The predicted octanol–water partition coefficient (Wildman–Crippen LogP) is 3.30. The smallest absolute Gasteiger partial charge is 0.232 e.